The average molecular weight is 499 g/mol. The van der Waals surface area contributed by atoms with Gasteiger partial charge in [-0.25, -0.2) is 4.98 Å². The second kappa shape index (κ2) is 9.33. The maximum absolute atomic E-state index is 14.5. The molecule has 1 saturated carbocycles. The summed E-state index contributed by atoms with van der Waals surface area (Å²) in [6.07, 6.45) is 6.59. The molecule has 4 aromatic rings. The van der Waals surface area contributed by atoms with Crippen molar-refractivity contribution in [3.05, 3.63) is 111 Å². The number of fused-ring (bicyclic) bond motifs is 4. The van der Waals surface area contributed by atoms with Crippen molar-refractivity contribution in [2.45, 2.75) is 54.8 Å². The number of aromatic nitrogens is 2. The molecule has 0 atom stereocenters. The van der Waals surface area contributed by atoms with Crippen LogP contribution in [-0.4, -0.2) is 9.55 Å². The normalized spacial score (nSPS) is 16.0. The summed E-state index contributed by atoms with van der Waals surface area (Å²) in [5.74, 6) is 0.643. The van der Waals surface area contributed by atoms with Crippen molar-refractivity contribution >= 4 is 23.4 Å². The van der Waals surface area contributed by atoms with Crippen molar-refractivity contribution in [3.8, 4) is 16.9 Å². The fourth-order valence-corrected chi connectivity index (χ4v) is 7.14. The largest absolute Gasteiger partial charge is 0.268 e. The number of para-hydroxylation sites is 1. The Balaban J connectivity index is 1.58. The summed E-state index contributed by atoms with van der Waals surface area (Å²) in [6.45, 7) is 0. The van der Waals surface area contributed by atoms with Crippen LogP contribution in [0.4, 0.5) is 0 Å². The molecule has 0 amide bonds. The second-order valence-electron chi connectivity index (χ2n) is 9.65. The summed E-state index contributed by atoms with van der Waals surface area (Å²) in [6, 6.07) is 26.3. The molecule has 5 heteroatoms. The molecule has 0 N–H and O–H groups in total. The third kappa shape index (κ3) is 4.03. The van der Waals surface area contributed by atoms with E-state index in [2.05, 4.69) is 24.3 Å². The van der Waals surface area contributed by atoms with E-state index in [4.69, 9.17) is 16.6 Å². The maximum atomic E-state index is 14.5. The zero-order chi connectivity index (χ0) is 23.8. The van der Waals surface area contributed by atoms with Crippen LogP contribution in [0.3, 0.4) is 0 Å². The van der Waals surface area contributed by atoms with Crippen molar-refractivity contribution in [2.75, 3.05) is 0 Å². The van der Waals surface area contributed by atoms with E-state index in [9.17, 15) is 4.79 Å². The van der Waals surface area contributed by atoms with Crippen LogP contribution >= 0.6 is 23.4 Å². The Kier molecular flexibility index (Phi) is 6.03. The highest BCUT2D eigenvalue weighted by Gasteiger charge is 2.43. The lowest BCUT2D eigenvalue weighted by Gasteiger charge is -2.42. The smallest absolute Gasteiger partial charge is 0.263 e. The van der Waals surface area contributed by atoms with Gasteiger partial charge in [0.05, 0.1) is 16.9 Å². The topological polar surface area (TPSA) is 34.9 Å². The van der Waals surface area contributed by atoms with Crippen LogP contribution in [0.1, 0.15) is 48.8 Å². The van der Waals surface area contributed by atoms with Crippen molar-refractivity contribution in [1.29, 1.82) is 0 Å². The minimum absolute atomic E-state index is 0.0826. The SMILES string of the molecule is O=c1c2c(nc(SCc3ccccc3Cl)n1-c1ccccc1)-c1ccccc1CC21CCCCC1. The van der Waals surface area contributed by atoms with Gasteiger partial charge in [-0.1, -0.05) is 103 Å². The Morgan fingerprint density at radius 1 is 0.886 bits per heavy atom. The van der Waals surface area contributed by atoms with Gasteiger partial charge in [-0.15, -0.1) is 0 Å². The van der Waals surface area contributed by atoms with Gasteiger partial charge in [0.25, 0.3) is 5.56 Å². The van der Waals surface area contributed by atoms with Gasteiger partial charge < -0.3 is 0 Å². The predicted molar refractivity (Wildman–Crippen MR) is 145 cm³/mol. The fourth-order valence-electron chi connectivity index (χ4n) is 5.85. The number of nitrogens with zero attached hydrogens (tertiary/aromatic N) is 2. The summed E-state index contributed by atoms with van der Waals surface area (Å²) in [5.41, 5.74) is 6.07. The number of thioether (sulfide) groups is 1. The maximum Gasteiger partial charge on any atom is 0.263 e. The van der Waals surface area contributed by atoms with Gasteiger partial charge in [0.2, 0.25) is 0 Å². The number of benzene rings is 3. The Labute approximate surface area is 215 Å². The molecular weight excluding hydrogens is 472 g/mol. The minimum atomic E-state index is -0.130. The molecule has 1 aromatic heterocycles. The molecule has 0 unspecified atom stereocenters. The van der Waals surface area contributed by atoms with Crippen molar-refractivity contribution in [2.24, 2.45) is 0 Å². The monoisotopic (exact) mass is 498 g/mol. The van der Waals surface area contributed by atoms with Gasteiger partial charge in [0, 0.05) is 21.8 Å². The molecule has 0 aliphatic heterocycles. The van der Waals surface area contributed by atoms with Crippen LogP contribution in [0.2, 0.25) is 5.02 Å². The Morgan fingerprint density at radius 2 is 1.60 bits per heavy atom. The van der Waals surface area contributed by atoms with Gasteiger partial charge in [0.1, 0.15) is 0 Å². The lowest BCUT2D eigenvalue weighted by Crippen LogP contribution is -2.42. The van der Waals surface area contributed by atoms with Gasteiger partial charge in [-0.3, -0.25) is 9.36 Å². The molecule has 2 aliphatic carbocycles. The van der Waals surface area contributed by atoms with E-state index in [1.54, 1.807) is 11.8 Å². The molecule has 0 radical (unpaired) electrons. The van der Waals surface area contributed by atoms with Crippen molar-refractivity contribution in [3.63, 3.8) is 0 Å². The molecule has 1 spiro atoms. The minimum Gasteiger partial charge on any atom is -0.268 e. The van der Waals surface area contributed by atoms with E-state index in [0.717, 1.165) is 65.2 Å². The first-order valence-electron chi connectivity index (χ1n) is 12.3. The molecule has 6 rings (SSSR count). The van der Waals surface area contributed by atoms with Crippen LogP contribution in [0.15, 0.2) is 88.8 Å². The van der Waals surface area contributed by atoms with Gasteiger partial charge in [0.15, 0.2) is 5.16 Å². The molecule has 1 heterocycles. The Bertz CT molecular complexity index is 1440. The molecule has 2 aliphatic rings. The van der Waals surface area contributed by atoms with E-state index >= 15 is 0 Å². The molecular formula is C30H27ClN2OS. The predicted octanol–water partition coefficient (Wildman–Crippen LogP) is 7.60. The molecule has 176 valence electrons. The van der Waals surface area contributed by atoms with E-state index in [1.165, 1.54) is 12.0 Å². The van der Waals surface area contributed by atoms with Gasteiger partial charge >= 0.3 is 0 Å². The highest BCUT2D eigenvalue weighted by Crippen LogP contribution is 2.49. The third-order valence-electron chi connectivity index (χ3n) is 7.52. The summed E-state index contributed by atoms with van der Waals surface area (Å²) in [7, 11) is 0. The third-order valence-corrected chi connectivity index (χ3v) is 8.88. The molecule has 3 aromatic carbocycles. The highest BCUT2D eigenvalue weighted by atomic mass is 35.5. The Hall–Kier alpha value is -2.82. The first-order valence-corrected chi connectivity index (χ1v) is 13.7. The second-order valence-corrected chi connectivity index (χ2v) is 11.0. The number of hydrogen-bond acceptors (Lipinski definition) is 3. The summed E-state index contributed by atoms with van der Waals surface area (Å²) in [5, 5.41) is 1.45. The molecule has 0 saturated heterocycles. The quantitative estimate of drug-likeness (QED) is 0.214. The average Bonchev–Trinajstić information content (AvgIpc) is 2.89. The molecule has 1 fully saturated rings. The molecule has 3 nitrogen and oxygen atoms in total. The van der Waals surface area contributed by atoms with Crippen molar-refractivity contribution < 1.29 is 0 Å². The van der Waals surface area contributed by atoms with Gasteiger partial charge in [-0.05, 0) is 48.6 Å². The van der Waals surface area contributed by atoms with Crippen molar-refractivity contribution in [1.82, 2.24) is 9.55 Å². The fraction of sp³-hybridized carbons (Fsp3) is 0.267. The zero-order valence-electron chi connectivity index (χ0n) is 19.5. The molecule has 35 heavy (non-hydrogen) atoms. The lowest BCUT2D eigenvalue weighted by atomic mass is 9.62. The lowest BCUT2D eigenvalue weighted by molar-refractivity contribution is 0.283. The van der Waals surface area contributed by atoms with E-state index in [1.807, 2.05) is 59.2 Å². The van der Waals surface area contributed by atoms with Crippen LogP contribution in [0, 0.1) is 0 Å². The number of rotatable bonds is 4. The molecule has 0 bridgehead atoms. The standard InChI is InChI=1S/C30H27ClN2OS/c31-25-16-8-6-12-22(25)20-35-29-32-27-24-15-7-5-11-21(24)19-30(17-9-2-10-18-30)26(27)28(34)33(29)23-13-3-1-4-14-23/h1,3-8,11-16H,2,9-10,17-20H2. The van der Waals surface area contributed by atoms with E-state index in [-0.39, 0.29) is 11.0 Å². The van der Waals surface area contributed by atoms with Crippen LogP contribution in [-0.2, 0) is 17.6 Å². The summed E-state index contributed by atoms with van der Waals surface area (Å²) in [4.78, 5) is 19.7. The van der Waals surface area contributed by atoms with E-state index < -0.39 is 0 Å². The summed E-state index contributed by atoms with van der Waals surface area (Å²) < 4.78 is 1.84. The Morgan fingerprint density at radius 3 is 2.40 bits per heavy atom. The number of halogens is 1. The van der Waals surface area contributed by atoms with Gasteiger partial charge in [-0.2, -0.15) is 0 Å². The summed E-state index contributed by atoms with van der Waals surface area (Å²) >= 11 is 8.03. The van der Waals surface area contributed by atoms with E-state index in [0.29, 0.717) is 10.9 Å². The van der Waals surface area contributed by atoms with Crippen LogP contribution < -0.4 is 5.56 Å². The first kappa shape index (κ1) is 22.6. The first-order chi connectivity index (χ1) is 17.2. The number of hydrogen-bond donors (Lipinski definition) is 0. The highest BCUT2D eigenvalue weighted by molar-refractivity contribution is 7.98. The van der Waals surface area contributed by atoms with Crippen LogP contribution in [0.25, 0.3) is 16.9 Å². The zero-order valence-corrected chi connectivity index (χ0v) is 21.1. The van der Waals surface area contributed by atoms with Crippen LogP contribution in [0.5, 0.6) is 0 Å².